The number of hydrogen-bond donors (Lipinski definition) is 1. The molecule has 1 aromatic rings. The van der Waals surface area contributed by atoms with Gasteiger partial charge in [-0.25, -0.2) is 9.97 Å². The lowest BCUT2D eigenvalue weighted by Crippen LogP contribution is -2.34. The molecule has 1 aliphatic rings. The highest BCUT2D eigenvalue weighted by molar-refractivity contribution is 5.48. The van der Waals surface area contributed by atoms with Crippen molar-refractivity contribution >= 4 is 11.6 Å². The Hall–Kier alpha value is -1.36. The molecule has 1 atom stereocenters. The number of ether oxygens (including phenoxy) is 1. The lowest BCUT2D eigenvalue weighted by molar-refractivity contribution is 0.198. The first kappa shape index (κ1) is 14.1. The molecule has 2 heterocycles. The van der Waals surface area contributed by atoms with Gasteiger partial charge in [0, 0.05) is 39.4 Å². The van der Waals surface area contributed by atoms with E-state index in [4.69, 9.17) is 4.74 Å². The predicted molar refractivity (Wildman–Crippen MR) is 77.6 cm³/mol. The molecule has 0 aromatic carbocycles. The minimum absolute atomic E-state index is 0.752. The van der Waals surface area contributed by atoms with Crippen molar-refractivity contribution in [2.75, 3.05) is 43.6 Å². The smallest absolute Gasteiger partial charge is 0.134 e. The van der Waals surface area contributed by atoms with Crippen LogP contribution in [0.4, 0.5) is 11.6 Å². The molecule has 0 radical (unpaired) electrons. The Morgan fingerprint density at radius 1 is 1.47 bits per heavy atom. The highest BCUT2D eigenvalue weighted by Gasteiger charge is 2.17. The van der Waals surface area contributed by atoms with E-state index in [-0.39, 0.29) is 0 Å². The molecule has 1 N–H and O–H groups in total. The summed E-state index contributed by atoms with van der Waals surface area (Å²) < 4.78 is 5.03. The normalized spacial score (nSPS) is 19.5. The van der Waals surface area contributed by atoms with Crippen molar-refractivity contribution < 1.29 is 4.74 Å². The maximum Gasteiger partial charge on any atom is 0.134 e. The number of aromatic nitrogens is 2. The molecular formula is C14H24N4O. The molecule has 1 aromatic heterocycles. The summed E-state index contributed by atoms with van der Waals surface area (Å²) in [5, 5.41) is 3.31. The Morgan fingerprint density at radius 3 is 3.16 bits per heavy atom. The fourth-order valence-corrected chi connectivity index (χ4v) is 2.45. The van der Waals surface area contributed by atoms with Crippen LogP contribution in [0, 0.1) is 5.92 Å². The van der Waals surface area contributed by atoms with Gasteiger partial charge in [-0.3, -0.25) is 0 Å². The van der Waals surface area contributed by atoms with Gasteiger partial charge in [0.05, 0.1) is 0 Å². The number of rotatable bonds is 6. The first-order valence-electron chi connectivity index (χ1n) is 7.09. The summed E-state index contributed by atoms with van der Waals surface area (Å²) >= 11 is 0. The summed E-state index contributed by atoms with van der Waals surface area (Å²) in [6, 6.07) is 2.05. The van der Waals surface area contributed by atoms with Crippen molar-refractivity contribution in [2.24, 2.45) is 5.92 Å². The molecule has 106 valence electrons. The summed E-state index contributed by atoms with van der Waals surface area (Å²) in [6.07, 6.45) is 5.20. The van der Waals surface area contributed by atoms with E-state index in [1.807, 2.05) is 6.07 Å². The third-order valence-electron chi connectivity index (χ3n) is 3.47. The molecule has 1 saturated heterocycles. The maximum atomic E-state index is 5.03. The number of nitrogens with one attached hydrogen (secondary N) is 1. The van der Waals surface area contributed by atoms with Crippen LogP contribution in [-0.4, -0.2) is 43.3 Å². The number of nitrogens with zero attached hydrogens (tertiary/aromatic N) is 3. The monoisotopic (exact) mass is 264 g/mol. The third-order valence-corrected chi connectivity index (χ3v) is 3.47. The zero-order valence-corrected chi connectivity index (χ0v) is 11.9. The topological polar surface area (TPSA) is 50.3 Å². The van der Waals surface area contributed by atoms with Gasteiger partial charge in [-0.15, -0.1) is 0 Å². The van der Waals surface area contributed by atoms with Crippen molar-refractivity contribution in [3.8, 4) is 0 Å². The second kappa shape index (κ2) is 7.28. The molecule has 1 aliphatic heterocycles. The van der Waals surface area contributed by atoms with Gasteiger partial charge in [-0.05, 0) is 25.2 Å². The minimum atomic E-state index is 0.752. The van der Waals surface area contributed by atoms with E-state index in [2.05, 4.69) is 27.1 Å². The first-order chi connectivity index (χ1) is 9.29. The first-order valence-corrected chi connectivity index (χ1v) is 7.09. The highest BCUT2D eigenvalue weighted by atomic mass is 16.5. The van der Waals surface area contributed by atoms with Gasteiger partial charge >= 0.3 is 0 Å². The molecule has 0 bridgehead atoms. The van der Waals surface area contributed by atoms with E-state index in [9.17, 15) is 0 Å². The Labute approximate surface area is 115 Å². The van der Waals surface area contributed by atoms with Crippen LogP contribution in [-0.2, 0) is 4.74 Å². The SMILES string of the molecule is COCCCNc1cc(N2CCCC(C)C2)ncn1. The fourth-order valence-electron chi connectivity index (χ4n) is 2.45. The van der Waals surface area contributed by atoms with Crippen LogP contribution in [0.25, 0.3) is 0 Å². The van der Waals surface area contributed by atoms with Gasteiger partial charge in [-0.2, -0.15) is 0 Å². The van der Waals surface area contributed by atoms with E-state index in [0.717, 1.165) is 50.2 Å². The van der Waals surface area contributed by atoms with Crippen LogP contribution in [0.2, 0.25) is 0 Å². The average Bonchev–Trinajstić information content (AvgIpc) is 2.44. The zero-order chi connectivity index (χ0) is 13.5. The summed E-state index contributed by atoms with van der Waals surface area (Å²) in [5.41, 5.74) is 0. The third kappa shape index (κ3) is 4.35. The van der Waals surface area contributed by atoms with E-state index in [1.54, 1.807) is 13.4 Å². The van der Waals surface area contributed by atoms with Gasteiger partial charge < -0.3 is 15.0 Å². The number of hydrogen-bond acceptors (Lipinski definition) is 5. The predicted octanol–water partition coefficient (Wildman–Crippen LogP) is 2.16. The summed E-state index contributed by atoms with van der Waals surface area (Å²) in [4.78, 5) is 11.0. The van der Waals surface area contributed by atoms with Gasteiger partial charge in [-0.1, -0.05) is 6.92 Å². The molecule has 5 heteroatoms. The van der Waals surface area contributed by atoms with Crippen LogP contribution >= 0.6 is 0 Å². The second-order valence-corrected chi connectivity index (χ2v) is 5.23. The van der Waals surface area contributed by atoms with Crippen LogP contribution < -0.4 is 10.2 Å². The van der Waals surface area contributed by atoms with Gasteiger partial charge in [0.1, 0.15) is 18.0 Å². The molecule has 1 unspecified atom stereocenters. The lowest BCUT2D eigenvalue weighted by Gasteiger charge is -2.31. The van der Waals surface area contributed by atoms with Crippen molar-refractivity contribution in [1.29, 1.82) is 0 Å². The quantitative estimate of drug-likeness (QED) is 0.798. The summed E-state index contributed by atoms with van der Waals surface area (Å²) in [5.74, 6) is 2.69. The zero-order valence-electron chi connectivity index (χ0n) is 11.9. The van der Waals surface area contributed by atoms with E-state index >= 15 is 0 Å². The molecule has 0 aliphatic carbocycles. The molecule has 2 rings (SSSR count). The Morgan fingerprint density at radius 2 is 2.37 bits per heavy atom. The van der Waals surface area contributed by atoms with E-state index in [0.29, 0.717) is 0 Å². The van der Waals surface area contributed by atoms with Crippen molar-refractivity contribution in [2.45, 2.75) is 26.2 Å². The molecule has 19 heavy (non-hydrogen) atoms. The molecular weight excluding hydrogens is 240 g/mol. The standard InChI is InChI=1S/C14H24N4O/c1-12-5-3-7-18(10-12)14-9-13(16-11-17-14)15-6-4-8-19-2/h9,11-12H,3-8,10H2,1-2H3,(H,15,16,17). The minimum Gasteiger partial charge on any atom is -0.385 e. The summed E-state index contributed by atoms with van der Waals surface area (Å²) in [7, 11) is 1.72. The van der Waals surface area contributed by atoms with Crippen LogP contribution in [0.15, 0.2) is 12.4 Å². The van der Waals surface area contributed by atoms with Crippen molar-refractivity contribution in [1.82, 2.24) is 9.97 Å². The Balaban J connectivity index is 1.90. The Bertz CT molecular complexity index is 385. The Kier molecular flexibility index (Phi) is 5.39. The van der Waals surface area contributed by atoms with Crippen LogP contribution in [0.5, 0.6) is 0 Å². The maximum absolute atomic E-state index is 5.03. The van der Waals surface area contributed by atoms with E-state index in [1.165, 1.54) is 12.8 Å². The van der Waals surface area contributed by atoms with Crippen molar-refractivity contribution in [3.05, 3.63) is 12.4 Å². The summed E-state index contributed by atoms with van der Waals surface area (Å²) in [6.45, 7) is 6.15. The van der Waals surface area contributed by atoms with Crippen LogP contribution in [0.1, 0.15) is 26.2 Å². The van der Waals surface area contributed by atoms with Gasteiger partial charge in [0.15, 0.2) is 0 Å². The molecule has 0 amide bonds. The largest absolute Gasteiger partial charge is 0.385 e. The number of anilines is 2. The molecule has 0 saturated carbocycles. The van der Waals surface area contributed by atoms with E-state index < -0.39 is 0 Å². The molecule has 5 nitrogen and oxygen atoms in total. The molecule has 0 spiro atoms. The highest BCUT2D eigenvalue weighted by Crippen LogP contribution is 2.22. The lowest BCUT2D eigenvalue weighted by atomic mass is 10.0. The average molecular weight is 264 g/mol. The fraction of sp³-hybridized carbons (Fsp3) is 0.714. The van der Waals surface area contributed by atoms with Crippen molar-refractivity contribution in [3.63, 3.8) is 0 Å². The van der Waals surface area contributed by atoms with Gasteiger partial charge in [0.2, 0.25) is 0 Å². The number of methoxy groups -OCH3 is 1. The molecule has 1 fully saturated rings. The number of piperidine rings is 1. The second-order valence-electron chi connectivity index (χ2n) is 5.23. The van der Waals surface area contributed by atoms with Crippen LogP contribution in [0.3, 0.4) is 0 Å². The van der Waals surface area contributed by atoms with Gasteiger partial charge in [0.25, 0.3) is 0 Å².